The van der Waals surface area contributed by atoms with Crippen molar-refractivity contribution in [2.75, 3.05) is 7.11 Å². The van der Waals surface area contributed by atoms with Gasteiger partial charge in [-0.15, -0.1) is 5.10 Å². The molecule has 1 saturated carbocycles. The molecule has 1 fully saturated rings. The van der Waals surface area contributed by atoms with Crippen LogP contribution in [0.1, 0.15) is 25.7 Å². The van der Waals surface area contributed by atoms with Crippen LogP contribution in [-0.2, 0) is 4.74 Å². The van der Waals surface area contributed by atoms with Crippen molar-refractivity contribution < 1.29 is 4.74 Å². The van der Waals surface area contributed by atoms with E-state index in [0.29, 0.717) is 16.9 Å². The summed E-state index contributed by atoms with van der Waals surface area (Å²) in [5.41, 5.74) is 3.87. The van der Waals surface area contributed by atoms with Crippen LogP contribution in [0.3, 0.4) is 0 Å². The van der Waals surface area contributed by atoms with Crippen molar-refractivity contribution >= 4 is 28.8 Å². The highest BCUT2D eigenvalue weighted by atomic mass is 35.5. The summed E-state index contributed by atoms with van der Waals surface area (Å²) in [6.45, 7) is 0. The fourth-order valence-electron chi connectivity index (χ4n) is 3.20. The molecular formula is C19H19ClN4O. The number of benzene rings is 1. The Morgan fingerprint density at radius 3 is 2.80 bits per heavy atom. The van der Waals surface area contributed by atoms with Crippen LogP contribution in [0.4, 0.5) is 5.82 Å². The van der Waals surface area contributed by atoms with Gasteiger partial charge in [-0.2, -0.15) is 0 Å². The monoisotopic (exact) mass is 354 g/mol. The van der Waals surface area contributed by atoms with Crippen LogP contribution in [0.25, 0.3) is 16.9 Å². The van der Waals surface area contributed by atoms with Gasteiger partial charge in [0.05, 0.1) is 18.0 Å². The largest absolute Gasteiger partial charge is 0.381 e. The lowest BCUT2D eigenvalue weighted by Crippen LogP contribution is -2.20. The van der Waals surface area contributed by atoms with Gasteiger partial charge in [0.1, 0.15) is 0 Å². The number of halogens is 1. The summed E-state index contributed by atoms with van der Waals surface area (Å²) in [6, 6.07) is 11.6. The zero-order chi connectivity index (χ0) is 17.2. The number of fused-ring (bicyclic) bond motifs is 1. The molecule has 2 aromatic heterocycles. The fraction of sp³-hybridized carbons (Fsp3) is 0.316. The van der Waals surface area contributed by atoms with Crippen molar-refractivity contribution in [3.05, 3.63) is 47.6 Å². The standard InChI is InChI=1S/C19H19ClN4O/c1-25-16-7-5-15(6-8-16)22-18-9-10-19-21-12-17(24(19)23-18)13-3-2-4-14(20)11-13/h2-4,9-12,16H,5-8H2,1H3. The Morgan fingerprint density at radius 1 is 1.20 bits per heavy atom. The smallest absolute Gasteiger partial charge is 0.172 e. The molecule has 0 spiro atoms. The highest BCUT2D eigenvalue weighted by Gasteiger charge is 2.17. The zero-order valence-electron chi connectivity index (χ0n) is 14.0. The van der Waals surface area contributed by atoms with Crippen molar-refractivity contribution in [3.63, 3.8) is 0 Å². The van der Waals surface area contributed by atoms with E-state index >= 15 is 0 Å². The van der Waals surface area contributed by atoms with Crippen LogP contribution in [0.2, 0.25) is 5.02 Å². The molecule has 1 aliphatic rings. The van der Waals surface area contributed by atoms with Crippen molar-refractivity contribution in [2.24, 2.45) is 4.99 Å². The van der Waals surface area contributed by atoms with Crippen molar-refractivity contribution in [1.82, 2.24) is 14.6 Å². The lowest BCUT2D eigenvalue weighted by molar-refractivity contribution is 0.0863. The first-order valence-corrected chi connectivity index (χ1v) is 8.81. The SMILES string of the molecule is COC1CCC(=Nc2ccc3ncc(-c4cccc(Cl)c4)n3n2)CC1. The van der Waals surface area contributed by atoms with Crippen LogP contribution >= 0.6 is 11.6 Å². The molecule has 0 bridgehead atoms. The maximum atomic E-state index is 6.11. The van der Waals surface area contributed by atoms with Gasteiger partial charge in [0.25, 0.3) is 0 Å². The van der Waals surface area contributed by atoms with E-state index in [2.05, 4.69) is 10.1 Å². The average molecular weight is 355 g/mol. The van der Waals surface area contributed by atoms with Crippen LogP contribution in [0.5, 0.6) is 0 Å². The number of hydrogen-bond donors (Lipinski definition) is 0. The van der Waals surface area contributed by atoms with E-state index in [1.807, 2.05) is 47.1 Å². The second-order valence-electron chi connectivity index (χ2n) is 6.23. The van der Waals surface area contributed by atoms with Gasteiger partial charge >= 0.3 is 0 Å². The van der Waals surface area contributed by atoms with Gasteiger partial charge in [0.15, 0.2) is 11.5 Å². The number of hydrogen-bond acceptors (Lipinski definition) is 4. The molecule has 2 heterocycles. The normalized spacial score (nSPS) is 17.8. The summed E-state index contributed by atoms with van der Waals surface area (Å²) < 4.78 is 7.24. The van der Waals surface area contributed by atoms with Crippen LogP contribution in [0.15, 0.2) is 47.6 Å². The first-order chi connectivity index (χ1) is 12.2. The molecule has 0 N–H and O–H groups in total. The number of aliphatic imine (C=N–C) groups is 1. The topological polar surface area (TPSA) is 51.8 Å². The quantitative estimate of drug-likeness (QED) is 0.684. The summed E-state index contributed by atoms with van der Waals surface area (Å²) in [5, 5.41) is 5.36. The molecule has 0 amide bonds. The minimum atomic E-state index is 0.359. The van der Waals surface area contributed by atoms with E-state index < -0.39 is 0 Å². The third-order valence-corrected chi connectivity index (χ3v) is 4.82. The van der Waals surface area contributed by atoms with E-state index in [1.54, 1.807) is 7.11 Å². The molecule has 5 nitrogen and oxygen atoms in total. The summed E-state index contributed by atoms with van der Waals surface area (Å²) in [5.74, 6) is 0.708. The molecule has 0 atom stereocenters. The Kier molecular flexibility index (Phi) is 4.51. The second-order valence-corrected chi connectivity index (χ2v) is 6.66. The summed E-state index contributed by atoms with van der Waals surface area (Å²) >= 11 is 6.11. The second kappa shape index (κ2) is 6.94. The predicted octanol–water partition coefficient (Wildman–Crippen LogP) is 4.71. The van der Waals surface area contributed by atoms with Gasteiger partial charge in [-0.1, -0.05) is 23.7 Å². The van der Waals surface area contributed by atoms with E-state index in [0.717, 1.165) is 42.6 Å². The van der Waals surface area contributed by atoms with Crippen molar-refractivity contribution in [3.8, 4) is 11.3 Å². The van der Waals surface area contributed by atoms with E-state index in [4.69, 9.17) is 21.3 Å². The Bertz CT molecular complexity index is 924. The first-order valence-electron chi connectivity index (χ1n) is 8.43. The minimum absolute atomic E-state index is 0.359. The molecule has 128 valence electrons. The molecule has 25 heavy (non-hydrogen) atoms. The van der Waals surface area contributed by atoms with Gasteiger partial charge in [-0.05, 0) is 49.9 Å². The van der Waals surface area contributed by atoms with Gasteiger partial charge in [-0.25, -0.2) is 14.5 Å². The van der Waals surface area contributed by atoms with E-state index in [9.17, 15) is 0 Å². The van der Waals surface area contributed by atoms with E-state index in [1.165, 1.54) is 5.71 Å². The number of ether oxygens (including phenoxy) is 1. The highest BCUT2D eigenvalue weighted by molar-refractivity contribution is 6.30. The van der Waals surface area contributed by atoms with Gasteiger partial charge in [-0.3, -0.25) is 0 Å². The fourth-order valence-corrected chi connectivity index (χ4v) is 3.39. The highest BCUT2D eigenvalue weighted by Crippen LogP contribution is 2.25. The molecule has 0 saturated heterocycles. The van der Waals surface area contributed by atoms with Gasteiger partial charge in [0, 0.05) is 23.4 Å². The van der Waals surface area contributed by atoms with Crippen LogP contribution in [0, 0.1) is 0 Å². The van der Waals surface area contributed by atoms with Crippen LogP contribution in [-0.4, -0.2) is 33.5 Å². The molecule has 0 unspecified atom stereocenters. The lowest BCUT2D eigenvalue weighted by Gasteiger charge is -2.21. The Balaban J connectivity index is 1.67. The van der Waals surface area contributed by atoms with Crippen molar-refractivity contribution in [1.29, 1.82) is 0 Å². The minimum Gasteiger partial charge on any atom is -0.381 e. The van der Waals surface area contributed by atoms with Crippen LogP contribution < -0.4 is 0 Å². The Hall–Kier alpha value is -2.24. The average Bonchev–Trinajstić information content (AvgIpc) is 3.06. The number of methoxy groups -OCH3 is 1. The Labute approximate surface area is 151 Å². The third kappa shape index (κ3) is 3.43. The maximum absolute atomic E-state index is 6.11. The maximum Gasteiger partial charge on any atom is 0.172 e. The number of imidazole rings is 1. The lowest BCUT2D eigenvalue weighted by atomic mass is 9.96. The molecule has 4 rings (SSSR count). The number of nitrogens with zero attached hydrogens (tertiary/aromatic N) is 4. The molecule has 3 aromatic rings. The molecule has 6 heteroatoms. The third-order valence-electron chi connectivity index (χ3n) is 4.58. The molecule has 1 aliphatic carbocycles. The number of rotatable bonds is 3. The summed E-state index contributed by atoms with van der Waals surface area (Å²) in [4.78, 5) is 9.17. The predicted molar refractivity (Wildman–Crippen MR) is 99.8 cm³/mol. The number of aromatic nitrogens is 3. The molecule has 0 aliphatic heterocycles. The zero-order valence-corrected chi connectivity index (χ0v) is 14.8. The molecule has 1 aromatic carbocycles. The summed E-state index contributed by atoms with van der Waals surface area (Å²) in [6.07, 6.45) is 6.14. The van der Waals surface area contributed by atoms with Crippen molar-refractivity contribution in [2.45, 2.75) is 31.8 Å². The van der Waals surface area contributed by atoms with Gasteiger partial charge in [0.2, 0.25) is 0 Å². The van der Waals surface area contributed by atoms with Gasteiger partial charge < -0.3 is 4.74 Å². The first kappa shape index (κ1) is 16.2. The molecule has 0 radical (unpaired) electrons. The van der Waals surface area contributed by atoms with E-state index in [-0.39, 0.29) is 0 Å². The Morgan fingerprint density at radius 2 is 2.04 bits per heavy atom. The molecular weight excluding hydrogens is 336 g/mol. The summed E-state index contributed by atoms with van der Waals surface area (Å²) in [7, 11) is 1.78.